The zero-order valence-electron chi connectivity index (χ0n) is 6.67. The van der Waals surface area contributed by atoms with Crippen molar-refractivity contribution in [1.82, 2.24) is 0 Å². The molecular weight excluding hydrogens is 166 g/mol. The van der Waals surface area contributed by atoms with Gasteiger partial charge in [0.25, 0.3) is 5.95 Å². The molecule has 0 saturated carbocycles. The first-order chi connectivity index (χ1) is 5.66. The fourth-order valence-corrected chi connectivity index (χ4v) is 0.563. The number of aliphatic hydroxyl groups is 1. The van der Waals surface area contributed by atoms with Crippen LogP contribution < -0.4 is 0 Å². The average Bonchev–Trinajstić information content (AvgIpc) is 1.98. The Morgan fingerprint density at radius 3 is 2.75 bits per heavy atom. The molecule has 0 radical (unpaired) electrons. The van der Waals surface area contributed by atoms with Crippen LogP contribution in [0.1, 0.15) is 12.8 Å². The molecule has 0 aliphatic rings. The molecule has 0 aromatic rings. The van der Waals surface area contributed by atoms with E-state index in [1.54, 1.807) is 0 Å². The highest BCUT2D eigenvalue weighted by Crippen LogP contribution is 2.03. The molecule has 0 aliphatic heterocycles. The van der Waals surface area contributed by atoms with Gasteiger partial charge in [-0.25, -0.2) is 8.78 Å². The molecule has 0 spiro atoms. The van der Waals surface area contributed by atoms with E-state index >= 15 is 0 Å². The van der Waals surface area contributed by atoms with Crippen LogP contribution in [0.4, 0.5) is 8.78 Å². The van der Waals surface area contributed by atoms with Crippen LogP contribution in [0, 0.1) is 0 Å². The Bertz CT molecular complexity index is 155. The molecule has 0 fully saturated rings. The van der Waals surface area contributed by atoms with E-state index < -0.39 is 6.43 Å². The maximum atomic E-state index is 11.6. The molecule has 0 saturated heterocycles. The van der Waals surface area contributed by atoms with Crippen molar-refractivity contribution < 1.29 is 18.6 Å². The summed E-state index contributed by atoms with van der Waals surface area (Å²) in [5.41, 5.74) is 0. The normalized spacial score (nSPS) is 11.8. The van der Waals surface area contributed by atoms with Gasteiger partial charge in [0.2, 0.25) is 6.43 Å². The predicted molar refractivity (Wildman–Crippen MR) is 42.1 cm³/mol. The van der Waals surface area contributed by atoms with Crippen LogP contribution in [-0.2, 0) is 4.74 Å². The van der Waals surface area contributed by atoms with Crippen molar-refractivity contribution in [2.24, 2.45) is 0 Å². The summed E-state index contributed by atoms with van der Waals surface area (Å²) in [4.78, 5) is 0. The second-order valence-corrected chi connectivity index (χ2v) is 2.12. The Kier molecular flexibility index (Phi) is 6.05. The summed E-state index contributed by atoms with van der Waals surface area (Å²) in [5, 5.41) is 8.79. The quantitative estimate of drug-likeness (QED) is 0.385. The first-order valence-electron chi connectivity index (χ1n) is 3.59. The van der Waals surface area contributed by atoms with Crippen LogP contribution in [0.15, 0.2) is 24.7 Å². The molecule has 4 heteroatoms. The van der Waals surface area contributed by atoms with Gasteiger partial charge in [-0.3, -0.25) is 0 Å². The molecule has 0 rings (SSSR count). The van der Waals surface area contributed by atoms with E-state index in [1.165, 1.54) is 12.2 Å². The van der Waals surface area contributed by atoms with Crippen molar-refractivity contribution in [3.05, 3.63) is 24.7 Å². The minimum Gasteiger partial charge on any atom is -0.481 e. The lowest BCUT2D eigenvalue weighted by molar-refractivity contribution is 0.0736. The first-order valence-corrected chi connectivity index (χ1v) is 3.59. The average molecular weight is 178 g/mol. The number of ether oxygens (including phenoxy) is 1. The molecule has 0 aliphatic carbocycles. The molecule has 0 unspecified atom stereocenters. The van der Waals surface area contributed by atoms with Gasteiger partial charge in [0, 0.05) is 12.5 Å². The van der Waals surface area contributed by atoms with Crippen LogP contribution in [0.25, 0.3) is 0 Å². The summed E-state index contributed by atoms with van der Waals surface area (Å²) < 4.78 is 27.8. The SMILES string of the molecule is C=C/C=C(/O)OCCCC(F)F. The molecule has 0 atom stereocenters. The smallest absolute Gasteiger partial charge is 0.276 e. The van der Waals surface area contributed by atoms with Crippen LogP contribution >= 0.6 is 0 Å². The van der Waals surface area contributed by atoms with Crippen molar-refractivity contribution in [2.45, 2.75) is 19.3 Å². The van der Waals surface area contributed by atoms with Gasteiger partial charge >= 0.3 is 0 Å². The van der Waals surface area contributed by atoms with Gasteiger partial charge < -0.3 is 9.84 Å². The van der Waals surface area contributed by atoms with Crippen LogP contribution in [0.2, 0.25) is 0 Å². The summed E-state index contributed by atoms with van der Waals surface area (Å²) in [6, 6.07) is 0. The molecule has 12 heavy (non-hydrogen) atoms. The first kappa shape index (κ1) is 10.9. The largest absolute Gasteiger partial charge is 0.481 e. The zero-order valence-corrected chi connectivity index (χ0v) is 6.67. The van der Waals surface area contributed by atoms with E-state index in [4.69, 9.17) is 5.11 Å². The number of hydrogen-bond acceptors (Lipinski definition) is 2. The third-order valence-electron chi connectivity index (χ3n) is 1.08. The molecule has 2 nitrogen and oxygen atoms in total. The monoisotopic (exact) mass is 178 g/mol. The summed E-state index contributed by atoms with van der Waals surface area (Å²) in [6.07, 6.45) is 0.318. The molecule has 0 aromatic heterocycles. The number of alkyl halides is 2. The Hall–Kier alpha value is -1.06. The fourth-order valence-electron chi connectivity index (χ4n) is 0.563. The topological polar surface area (TPSA) is 29.5 Å². The van der Waals surface area contributed by atoms with Crippen LogP contribution in [-0.4, -0.2) is 18.1 Å². The van der Waals surface area contributed by atoms with Crippen molar-refractivity contribution in [2.75, 3.05) is 6.61 Å². The van der Waals surface area contributed by atoms with Gasteiger partial charge in [-0.05, 0) is 6.42 Å². The van der Waals surface area contributed by atoms with Crippen molar-refractivity contribution in [3.8, 4) is 0 Å². The third-order valence-corrected chi connectivity index (χ3v) is 1.08. The number of rotatable bonds is 6. The molecule has 1 N–H and O–H groups in total. The molecule has 0 amide bonds. The molecule has 70 valence electrons. The van der Waals surface area contributed by atoms with Crippen molar-refractivity contribution in [3.63, 3.8) is 0 Å². The number of allylic oxidation sites excluding steroid dienone is 2. The van der Waals surface area contributed by atoms with Gasteiger partial charge in [0.1, 0.15) is 0 Å². The lowest BCUT2D eigenvalue weighted by Gasteiger charge is -2.02. The number of hydrogen-bond donors (Lipinski definition) is 1. The van der Waals surface area contributed by atoms with E-state index in [1.807, 2.05) is 0 Å². The molecular formula is C8H12F2O2. The van der Waals surface area contributed by atoms with Gasteiger partial charge in [0.15, 0.2) is 0 Å². The third kappa shape index (κ3) is 7.05. The summed E-state index contributed by atoms with van der Waals surface area (Å²) >= 11 is 0. The number of aliphatic hydroxyl groups excluding tert-OH is 1. The highest BCUT2D eigenvalue weighted by molar-refractivity contribution is 4.97. The zero-order chi connectivity index (χ0) is 9.40. The maximum absolute atomic E-state index is 11.6. The van der Waals surface area contributed by atoms with Gasteiger partial charge in [-0.1, -0.05) is 12.7 Å². The van der Waals surface area contributed by atoms with E-state index in [0.29, 0.717) is 0 Å². The Morgan fingerprint density at radius 2 is 2.25 bits per heavy atom. The van der Waals surface area contributed by atoms with Crippen LogP contribution in [0.3, 0.4) is 0 Å². The Balaban J connectivity index is 3.31. The standard InChI is InChI=1S/C8H12F2O2/c1-2-4-8(11)12-6-3-5-7(9)10/h2,4,7,11H,1,3,5-6H2/b8-4-. The van der Waals surface area contributed by atoms with Gasteiger partial charge in [0.05, 0.1) is 6.61 Å². The second kappa shape index (κ2) is 6.64. The summed E-state index contributed by atoms with van der Waals surface area (Å²) in [6.45, 7) is 3.42. The Labute approximate surface area is 70.2 Å². The van der Waals surface area contributed by atoms with Crippen molar-refractivity contribution >= 4 is 0 Å². The molecule has 0 heterocycles. The number of halogens is 2. The lowest BCUT2D eigenvalue weighted by Crippen LogP contribution is -1.97. The molecule has 0 aromatic carbocycles. The van der Waals surface area contributed by atoms with E-state index in [2.05, 4.69) is 11.3 Å². The van der Waals surface area contributed by atoms with E-state index in [-0.39, 0.29) is 25.4 Å². The van der Waals surface area contributed by atoms with Crippen LogP contribution in [0.5, 0.6) is 0 Å². The predicted octanol–water partition coefficient (Wildman–Crippen LogP) is 2.63. The van der Waals surface area contributed by atoms with E-state index in [0.717, 1.165) is 0 Å². The molecule has 0 bridgehead atoms. The Morgan fingerprint density at radius 1 is 1.58 bits per heavy atom. The second-order valence-electron chi connectivity index (χ2n) is 2.12. The highest BCUT2D eigenvalue weighted by Gasteiger charge is 2.01. The summed E-state index contributed by atoms with van der Waals surface area (Å²) in [5.74, 6) is -0.292. The maximum Gasteiger partial charge on any atom is 0.276 e. The minimum absolute atomic E-state index is 0.0977. The summed E-state index contributed by atoms with van der Waals surface area (Å²) in [7, 11) is 0. The minimum atomic E-state index is -2.31. The highest BCUT2D eigenvalue weighted by atomic mass is 19.3. The lowest BCUT2D eigenvalue weighted by atomic mass is 10.3. The van der Waals surface area contributed by atoms with Gasteiger partial charge in [-0.2, -0.15) is 0 Å². The van der Waals surface area contributed by atoms with E-state index in [9.17, 15) is 8.78 Å². The fraction of sp³-hybridized carbons (Fsp3) is 0.500. The van der Waals surface area contributed by atoms with Gasteiger partial charge in [-0.15, -0.1) is 0 Å². The van der Waals surface area contributed by atoms with Crippen molar-refractivity contribution in [1.29, 1.82) is 0 Å².